The molecule has 0 bridgehead atoms. The third-order valence-corrected chi connectivity index (χ3v) is 4.92. The Kier molecular flexibility index (Phi) is 14.1. The second-order valence-corrected chi connectivity index (χ2v) is 8.47. The van der Waals surface area contributed by atoms with Crippen LogP contribution in [0.2, 0.25) is 0 Å². The van der Waals surface area contributed by atoms with Crippen molar-refractivity contribution in [1.29, 1.82) is 0 Å². The first-order valence-corrected chi connectivity index (χ1v) is 11.6. The number of unbranched alkanes of at least 4 members (excludes halogenated alkanes) is 9. The van der Waals surface area contributed by atoms with Crippen LogP contribution < -0.4 is 5.14 Å². The Balaban J connectivity index is 0.000000769. The molecule has 1 rings (SSSR count). The van der Waals surface area contributed by atoms with Crippen LogP contribution >= 0.6 is 0 Å². The fourth-order valence-corrected chi connectivity index (χ4v) is 2.72. The van der Waals surface area contributed by atoms with Crippen LogP contribution in [0.4, 0.5) is 13.2 Å². The van der Waals surface area contributed by atoms with Crippen molar-refractivity contribution in [3.63, 3.8) is 0 Å². The Labute approximate surface area is 168 Å². The molecule has 0 spiro atoms. The zero-order valence-electron chi connectivity index (χ0n) is 17.1. The van der Waals surface area contributed by atoms with Gasteiger partial charge in [-0.15, -0.1) is 0 Å². The number of alkyl halides is 3. The number of nitrogens with two attached hydrogens (primary N) is 1. The van der Waals surface area contributed by atoms with Gasteiger partial charge in [-0.1, -0.05) is 70.8 Å². The number of halogens is 3. The van der Waals surface area contributed by atoms with Crippen LogP contribution in [0.3, 0.4) is 0 Å². The number of hydrogen-bond acceptors (Lipinski definition) is 4. The summed E-state index contributed by atoms with van der Waals surface area (Å²) in [7, 11) is -5.34. The minimum atomic E-state index is -5.34. The van der Waals surface area contributed by atoms with Crippen LogP contribution in [0.25, 0.3) is 0 Å². The maximum absolute atomic E-state index is 10.8. The molecule has 1 aliphatic rings. The van der Waals surface area contributed by atoms with Crippen molar-refractivity contribution < 1.29 is 21.6 Å². The van der Waals surface area contributed by atoms with Crippen LogP contribution in [-0.2, 0) is 10.0 Å². The molecule has 0 aromatic rings. The minimum Gasteiger partial charge on any atom is -0.358 e. The minimum absolute atomic E-state index is 1.03. The maximum atomic E-state index is 10.8. The molecular formula is C19H36F3N3O2S. The van der Waals surface area contributed by atoms with Crippen molar-refractivity contribution in [2.45, 2.75) is 83.6 Å². The molecule has 0 aliphatic carbocycles. The summed E-state index contributed by atoms with van der Waals surface area (Å²) in [6.45, 7) is 6.59. The number of sulfonamides is 1. The van der Waals surface area contributed by atoms with Crippen molar-refractivity contribution in [3.05, 3.63) is 24.7 Å². The number of rotatable bonds is 12. The highest BCUT2D eigenvalue weighted by atomic mass is 32.2. The van der Waals surface area contributed by atoms with E-state index in [2.05, 4.69) is 53.5 Å². The molecule has 0 radical (unpaired) electrons. The summed E-state index contributed by atoms with van der Waals surface area (Å²) in [5, 5.41) is 3.66. The van der Waals surface area contributed by atoms with Crippen molar-refractivity contribution in [2.24, 2.45) is 5.14 Å². The second kappa shape index (κ2) is 14.7. The van der Waals surface area contributed by atoms with Crippen LogP contribution in [-0.4, -0.2) is 36.9 Å². The van der Waals surface area contributed by atoms with E-state index in [9.17, 15) is 21.6 Å². The van der Waals surface area contributed by atoms with E-state index in [4.69, 9.17) is 0 Å². The molecule has 0 aromatic carbocycles. The molecule has 0 saturated carbocycles. The molecule has 2 N–H and O–H groups in total. The Morgan fingerprint density at radius 3 is 1.86 bits per heavy atom. The van der Waals surface area contributed by atoms with E-state index in [-0.39, 0.29) is 0 Å². The van der Waals surface area contributed by atoms with E-state index in [0.29, 0.717) is 0 Å². The normalized spacial score (nSPS) is 14.6. The number of nitrogens with zero attached hydrogens (tertiary/aromatic N) is 2. The Morgan fingerprint density at radius 1 is 0.964 bits per heavy atom. The monoisotopic (exact) mass is 427 g/mol. The third kappa shape index (κ3) is 13.9. The third-order valence-electron chi connectivity index (χ3n) is 4.28. The first-order chi connectivity index (χ1) is 13.1. The molecule has 5 nitrogen and oxygen atoms in total. The number of primary sulfonamides is 1. The van der Waals surface area contributed by atoms with Gasteiger partial charge in [0, 0.05) is 25.1 Å². The van der Waals surface area contributed by atoms with Crippen LogP contribution in [0.15, 0.2) is 24.7 Å². The smallest absolute Gasteiger partial charge is 0.358 e. The highest BCUT2D eigenvalue weighted by Gasteiger charge is 2.42. The summed E-state index contributed by atoms with van der Waals surface area (Å²) in [5.41, 5.74) is -5.31. The van der Waals surface area contributed by atoms with E-state index < -0.39 is 15.5 Å². The molecule has 0 amide bonds. The molecule has 1 aliphatic heterocycles. The summed E-state index contributed by atoms with van der Waals surface area (Å²) in [5.74, 6) is 0. The van der Waals surface area contributed by atoms with E-state index in [1.54, 1.807) is 0 Å². The van der Waals surface area contributed by atoms with Gasteiger partial charge in [-0.25, -0.2) is 13.6 Å². The fourth-order valence-electron chi connectivity index (χ4n) is 2.72. The SMILES string of the molecule is CC=CN1C=CN(CCCCCCCCCCCC)C1.NS(=O)(=O)C(F)(F)F. The van der Waals surface area contributed by atoms with Gasteiger partial charge >= 0.3 is 15.5 Å². The summed E-state index contributed by atoms with van der Waals surface area (Å²) in [6.07, 6.45) is 22.8. The Morgan fingerprint density at radius 2 is 1.43 bits per heavy atom. The standard InChI is InChI=1S/C18H34N2.CH2F3NO2S/c1-3-5-6-7-8-9-10-11-12-13-15-20-17-16-19(18-20)14-4-2;2-1(3,4)8(5,6)7/h4,14,16-17H,3,5-13,15,18H2,1-2H3;(H2,5,6,7). The zero-order valence-corrected chi connectivity index (χ0v) is 17.9. The van der Waals surface area contributed by atoms with E-state index >= 15 is 0 Å². The first kappa shape index (κ1) is 26.8. The molecule has 9 heteroatoms. The molecular weight excluding hydrogens is 391 g/mol. The molecule has 0 aromatic heterocycles. The lowest BCUT2D eigenvalue weighted by Gasteiger charge is -2.18. The first-order valence-electron chi connectivity index (χ1n) is 10.0. The molecule has 0 fully saturated rings. The Bertz CT molecular complexity index is 549. The van der Waals surface area contributed by atoms with Gasteiger partial charge in [0.25, 0.3) is 0 Å². The predicted octanol–water partition coefficient (Wildman–Crippen LogP) is 5.28. The molecule has 166 valence electrons. The Hall–Kier alpha value is -1.22. The van der Waals surface area contributed by atoms with Crippen LogP contribution in [0.1, 0.15) is 78.1 Å². The van der Waals surface area contributed by atoms with Gasteiger partial charge in [-0.05, 0) is 13.3 Å². The zero-order chi connectivity index (χ0) is 21.5. The van der Waals surface area contributed by atoms with Gasteiger partial charge < -0.3 is 9.80 Å². The summed E-state index contributed by atoms with van der Waals surface area (Å²) >= 11 is 0. The maximum Gasteiger partial charge on any atom is 0.511 e. The van der Waals surface area contributed by atoms with Crippen LogP contribution in [0, 0.1) is 0 Å². The van der Waals surface area contributed by atoms with Gasteiger partial charge in [-0.3, -0.25) is 0 Å². The van der Waals surface area contributed by atoms with Gasteiger partial charge in [-0.2, -0.15) is 13.2 Å². The van der Waals surface area contributed by atoms with Crippen LogP contribution in [0.5, 0.6) is 0 Å². The summed E-state index contributed by atoms with van der Waals surface area (Å²) < 4.78 is 51.2. The topological polar surface area (TPSA) is 66.6 Å². The summed E-state index contributed by atoms with van der Waals surface area (Å²) in [6, 6.07) is 0. The van der Waals surface area contributed by atoms with Gasteiger partial charge in [0.1, 0.15) is 0 Å². The lowest BCUT2D eigenvalue weighted by Crippen LogP contribution is -2.30. The fraction of sp³-hybridized carbons (Fsp3) is 0.789. The van der Waals surface area contributed by atoms with Gasteiger partial charge in [0.05, 0.1) is 6.67 Å². The number of hydrogen-bond donors (Lipinski definition) is 1. The van der Waals surface area contributed by atoms with Crippen molar-refractivity contribution in [3.8, 4) is 0 Å². The molecule has 28 heavy (non-hydrogen) atoms. The van der Waals surface area contributed by atoms with Gasteiger partial charge in [0.15, 0.2) is 0 Å². The predicted molar refractivity (Wildman–Crippen MR) is 108 cm³/mol. The van der Waals surface area contributed by atoms with E-state index in [1.165, 1.54) is 70.8 Å². The quantitative estimate of drug-likeness (QED) is 0.430. The largest absolute Gasteiger partial charge is 0.511 e. The molecule has 0 unspecified atom stereocenters. The second-order valence-electron chi connectivity index (χ2n) is 6.92. The van der Waals surface area contributed by atoms with Crippen molar-refractivity contribution in [1.82, 2.24) is 9.80 Å². The number of allylic oxidation sites excluding steroid dienone is 1. The lowest BCUT2D eigenvalue weighted by molar-refractivity contribution is -0.0436. The molecule has 1 heterocycles. The highest BCUT2D eigenvalue weighted by Crippen LogP contribution is 2.18. The van der Waals surface area contributed by atoms with Crippen molar-refractivity contribution in [2.75, 3.05) is 13.2 Å². The van der Waals surface area contributed by atoms with E-state index in [1.807, 2.05) is 0 Å². The summed E-state index contributed by atoms with van der Waals surface area (Å²) in [4.78, 5) is 4.64. The average molecular weight is 428 g/mol. The highest BCUT2D eigenvalue weighted by molar-refractivity contribution is 7.90. The molecule has 0 atom stereocenters. The average Bonchev–Trinajstić information content (AvgIpc) is 3.03. The van der Waals surface area contributed by atoms with E-state index in [0.717, 1.165) is 6.67 Å². The molecule has 0 saturated heterocycles. The lowest BCUT2D eigenvalue weighted by atomic mass is 10.1. The van der Waals surface area contributed by atoms with Crippen molar-refractivity contribution >= 4 is 10.0 Å². The van der Waals surface area contributed by atoms with Gasteiger partial charge in [0.2, 0.25) is 0 Å².